The molecule has 0 amide bonds. The fourth-order valence-electron chi connectivity index (χ4n) is 6.10. The van der Waals surface area contributed by atoms with Crippen LogP contribution in [0, 0.1) is 23.8 Å². The van der Waals surface area contributed by atoms with Gasteiger partial charge < -0.3 is 5.11 Å². The van der Waals surface area contributed by atoms with Gasteiger partial charge in [0.2, 0.25) is 0 Å². The molecular formula is C42H52IrN3O2S-. The molecule has 3 aromatic heterocycles. The maximum absolute atomic E-state index is 11.7. The molecule has 0 saturated heterocycles. The van der Waals surface area contributed by atoms with E-state index < -0.39 is 0 Å². The van der Waals surface area contributed by atoms with Gasteiger partial charge in [-0.3, -0.25) is 9.78 Å². The summed E-state index contributed by atoms with van der Waals surface area (Å²) < 4.78 is 0. The van der Waals surface area contributed by atoms with E-state index in [2.05, 4.69) is 99.2 Å². The molecule has 0 atom stereocenters. The number of pyridine rings is 1. The number of allylic oxidation sites excluding steroid dienone is 2. The number of benzene rings is 2. The van der Waals surface area contributed by atoms with E-state index in [0.717, 1.165) is 64.1 Å². The Morgan fingerprint density at radius 3 is 2.18 bits per heavy atom. The number of rotatable bonds is 11. The van der Waals surface area contributed by atoms with Crippen molar-refractivity contribution in [3.8, 4) is 21.8 Å². The second-order valence-corrected chi connectivity index (χ2v) is 15.2. The van der Waals surface area contributed by atoms with Crippen LogP contribution in [0.2, 0.25) is 0 Å². The molecule has 5 nitrogen and oxygen atoms in total. The van der Waals surface area contributed by atoms with Crippen molar-refractivity contribution in [1.29, 1.82) is 0 Å². The third-order valence-corrected chi connectivity index (χ3v) is 10.0. The topological polar surface area (TPSA) is 76.0 Å². The minimum Gasteiger partial charge on any atom is -0.512 e. The summed E-state index contributed by atoms with van der Waals surface area (Å²) >= 11 is 1.68. The molecule has 3 heterocycles. The van der Waals surface area contributed by atoms with Gasteiger partial charge in [0.05, 0.1) is 16.3 Å². The molecule has 0 aliphatic heterocycles. The molecule has 0 aliphatic carbocycles. The molecule has 0 aliphatic rings. The van der Waals surface area contributed by atoms with Gasteiger partial charge in [-0.15, -0.1) is 40.5 Å². The number of aliphatic hydroxyl groups is 1. The van der Waals surface area contributed by atoms with Crippen molar-refractivity contribution < 1.29 is 30.0 Å². The standard InChI is InChI=1S/C29H28N3S.C13H24O2.Ir/c1-18(2)10-19-11-22-14-27(33-28(22)30-16-19)26-15-25(31-17-32-26)21-12-20-8-6-7-9-23(20)24(13-21)29(3,4)5;1-5-10(6-2)12(14)9-13(15)11(7-3)8-4;/h6-9,11,13-18H,10H2,1-5H3;9-11,14H,5-8H2,1-4H3;/q-1;;/b;12-9-;. The first-order chi connectivity index (χ1) is 22.9. The van der Waals surface area contributed by atoms with E-state index in [1.165, 1.54) is 28.0 Å². The van der Waals surface area contributed by atoms with Crippen LogP contribution in [-0.2, 0) is 36.7 Å². The van der Waals surface area contributed by atoms with Crippen molar-refractivity contribution in [3.05, 3.63) is 90.1 Å². The summed E-state index contributed by atoms with van der Waals surface area (Å²) in [4.78, 5) is 27.8. The Balaban J connectivity index is 0.000000347. The fourth-order valence-corrected chi connectivity index (χ4v) is 7.05. The van der Waals surface area contributed by atoms with Crippen LogP contribution in [0.4, 0.5) is 0 Å². The molecular weight excluding hydrogens is 803 g/mol. The number of carbonyl (C=O) groups excluding carboxylic acids is 1. The molecule has 0 saturated carbocycles. The quantitative estimate of drug-likeness (QED) is 0.0814. The molecule has 1 N–H and O–H groups in total. The Morgan fingerprint density at radius 2 is 1.55 bits per heavy atom. The normalized spacial score (nSPS) is 12.0. The van der Waals surface area contributed by atoms with Crippen molar-refractivity contribution in [2.24, 2.45) is 17.8 Å². The second-order valence-electron chi connectivity index (χ2n) is 14.1. The summed E-state index contributed by atoms with van der Waals surface area (Å²) in [6.45, 7) is 19.3. The Morgan fingerprint density at radius 1 is 0.898 bits per heavy atom. The van der Waals surface area contributed by atoms with Gasteiger partial charge in [0.15, 0.2) is 5.78 Å². The van der Waals surface area contributed by atoms with Crippen LogP contribution in [0.1, 0.15) is 99.1 Å². The van der Waals surface area contributed by atoms with E-state index >= 15 is 0 Å². The number of ketones is 1. The smallest absolute Gasteiger partial charge is 0.162 e. The molecule has 2 aromatic carbocycles. The Labute approximate surface area is 311 Å². The third-order valence-electron chi connectivity index (χ3n) is 8.93. The summed E-state index contributed by atoms with van der Waals surface area (Å²) in [5, 5.41) is 13.3. The van der Waals surface area contributed by atoms with Crippen molar-refractivity contribution in [1.82, 2.24) is 15.0 Å². The van der Waals surface area contributed by atoms with Crippen LogP contribution in [-0.4, -0.2) is 25.8 Å². The average Bonchev–Trinajstić information content (AvgIpc) is 3.49. The first kappa shape index (κ1) is 40.2. The second kappa shape index (κ2) is 18.1. The minimum atomic E-state index is 0. The summed E-state index contributed by atoms with van der Waals surface area (Å²) in [5.74, 6) is 1.16. The van der Waals surface area contributed by atoms with Gasteiger partial charge in [0.1, 0.15) is 11.2 Å². The minimum absolute atomic E-state index is 0. The van der Waals surface area contributed by atoms with E-state index in [9.17, 15) is 9.90 Å². The first-order valence-corrected chi connectivity index (χ1v) is 18.3. The third kappa shape index (κ3) is 10.4. The Hall–Kier alpha value is -3.25. The Kier molecular flexibility index (Phi) is 14.9. The number of hydrogen-bond donors (Lipinski definition) is 1. The van der Waals surface area contributed by atoms with Gasteiger partial charge in [-0.05, 0) is 67.2 Å². The molecule has 5 aromatic rings. The molecule has 49 heavy (non-hydrogen) atoms. The SMILES string of the molecule is CC(C)Cc1cnc2sc(-c3cc(-c4[c-]c5ccccc5c(C(C)(C)C)c4)ncn3)cc2c1.CCC(CC)C(=O)/C=C(\O)C(CC)CC.[Ir]. The number of thiophene rings is 1. The van der Waals surface area contributed by atoms with Crippen molar-refractivity contribution in [3.63, 3.8) is 0 Å². The molecule has 0 unspecified atom stereocenters. The number of hydrogen-bond acceptors (Lipinski definition) is 6. The van der Waals surface area contributed by atoms with E-state index in [-0.39, 0.29) is 48.9 Å². The van der Waals surface area contributed by atoms with E-state index in [0.29, 0.717) is 5.92 Å². The number of nitrogens with zero attached hydrogens (tertiary/aromatic N) is 3. The average molecular weight is 855 g/mol. The number of aromatic nitrogens is 3. The van der Waals surface area contributed by atoms with Crippen LogP contribution in [0.3, 0.4) is 0 Å². The first-order valence-electron chi connectivity index (χ1n) is 17.5. The van der Waals surface area contributed by atoms with E-state index in [1.54, 1.807) is 17.7 Å². The number of fused-ring (bicyclic) bond motifs is 2. The predicted octanol–water partition coefficient (Wildman–Crippen LogP) is 11.7. The van der Waals surface area contributed by atoms with Crippen molar-refractivity contribution in [2.45, 2.75) is 99.8 Å². The summed E-state index contributed by atoms with van der Waals surface area (Å²) in [5.41, 5.74) is 5.42. The van der Waals surface area contributed by atoms with Gasteiger partial charge in [-0.25, -0.2) is 9.97 Å². The maximum Gasteiger partial charge on any atom is 0.162 e. The number of carbonyl (C=O) groups is 1. The molecule has 7 heteroatoms. The van der Waals surface area contributed by atoms with E-state index in [1.807, 2.05) is 33.9 Å². The monoisotopic (exact) mass is 855 g/mol. The van der Waals surface area contributed by atoms with E-state index in [4.69, 9.17) is 4.98 Å². The molecule has 263 valence electrons. The van der Waals surface area contributed by atoms with Crippen LogP contribution < -0.4 is 0 Å². The summed E-state index contributed by atoms with van der Waals surface area (Å²) in [6.07, 6.45) is 9.61. The van der Waals surface area contributed by atoms with Crippen molar-refractivity contribution in [2.75, 3.05) is 0 Å². The molecule has 1 radical (unpaired) electrons. The van der Waals surface area contributed by atoms with Crippen LogP contribution >= 0.6 is 11.3 Å². The Bertz CT molecular complexity index is 1860. The molecule has 0 fully saturated rings. The maximum atomic E-state index is 11.7. The summed E-state index contributed by atoms with van der Waals surface area (Å²) in [7, 11) is 0. The number of aliphatic hydroxyl groups excluding tert-OH is 1. The van der Waals surface area contributed by atoms with Gasteiger partial charge in [0, 0.05) is 55.3 Å². The zero-order valence-electron chi connectivity index (χ0n) is 30.6. The summed E-state index contributed by atoms with van der Waals surface area (Å²) in [6, 6.07) is 20.8. The molecule has 5 rings (SSSR count). The fraction of sp³-hybridized carbons (Fsp3) is 0.429. The van der Waals surface area contributed by atoms with Gasteiger partial charge in [0.25, 0.3) is 0 Å². The zero-order valence-corrected chi connectivity index (χ0v) is 33.8. The predicted molar refractivity (Wildman–Crippen MR) is 204 cm³/mol. The largest absolute Gasteiger partial charge is 0.512 e. The van der Waals surface area contributed by atoms with Crippen LogP contribution in [0.25, 0.3) is 42.8 Å². The van der Waals surface area contributed by atoms with Gasteiger partial charge in [-0.1, -0.05) is 91.5 Å². The van der Waals surface area contributed by atoms with Gasteiger partial charge >= 0.3 is 0 Å². The molecule has 0 bridgehead atoms. The zero-order chi connectivity index (χ0) is 35.0. The van der Waals surface area contributed by atoms with Crippen LogP contribution in [0.15, 0.2) is 72.9 Å². The van der Waals surface area contributed by atoms with Crippen molar-refractivity contribution >= 4 is 38.1 Å². The van der Waals surface area contributed by atoms with Crippen LogP contribution in [0.5, 0.6) is 0 Å². The van der Waals surface area contributed by atoms with Gasteiger partial charge in [-0.2, -0.15) is 0 Å². The molecule has 0 spiro atoms.